The second-order valence-electron chi connectivity index (χ2n) is 7.13. The number of nitrogens with one attached hydrogen (secondary N) is 1. The number of phenols is 1. The maximum Gasteiger partial charge on any atom is 0.254 e. The van der Waals surface area contributed by atoms with Crippen LogP contribution < -0.4 is 0 Å². The number of carbonyl (C=O) groups is 1. The van der Waals surface area contributed by atoms with Gasteiger partial charge in [0.05, 0.1) is 18.3 Å². The van der Waals surface area contributed by atoms with Gasteiger partial charge in [0, 0.05) is 23.9 Å². The molecule has 4 rings (SSSR count). The molecule has 3 aromatic carbocycles. The Labute approximate surface area is 174 Å². The molecule has 1 unspecified atom stereocenters. The van der Waals surface area contributed by atoms with Gasteiger partial charge in [-0.15, -0.1) is 0 Å². The van der Waals surface area contributed by atoms with Crippen LogP contribution in [0.4, 0.5) is 0 Å². The maximum atomic E-state index is 13.4. The van der Waals surface area contributed by atoms with E-state index in [1.807, 2.05) is 49.4 Å². The third-order valence-corrected chi connectivity index (χ3v) is 5.26. The van der Waals surface area contributed by atoms with Gasteiger partial charge >= 0.3 is 0 Å². The van der Waals surface area contributed by atoms with E-state index < -0.39 is 6.10 Å². The molecule has 30 heavy (non-hydrogen) atoms. The number of fused-ring (bicyclic) bond motifs is 1. The number of nitrogens with zero attached hydrogens (tertiary/aromatic N) is 2. The number of benzene rings is 3. The number of hydrogen-bond acceptors (Lipinski definition) is 4. The summed E-state index contributed by atoms with van der Waals surface area (Å²) in [4.78, 5) is 15.0. The molecule has 1 aromatic heterocycles. The first kappa shape index (κ1) is 19.7. The first-order valence-corrected chi connectivity index (χ1v) is 9.86. The van der Waals surface area contributed by atoms with Gasteiger partial charge in [0.2, 0.25) is 0 Å². The summed E-state index contributed by atoms with van der Waals surface area (Å²) in [6.07, 6.45) is 0.807. The van der Waals surface area contributed by atoms with Crippen LogP contribution in [0, 0.1) is 0 Å². The summed E-state index contributed by atoms with van der Waals surface area (Å²) in [6, 6.07) is 19.9. The molecule has 1 amide bonds. The maximum absolute atomic E-state index is 13.4. The zero-order chi connectivity index (χ0) is 21.1. The van der Waals surface area contributed by atoms with E-state index in [9.17, 15) is 15.0 Å². The lowest BCUT2D eigenvalue weighted by molar-refractivity contribution is 0.0636. The number of hydrogen-bond donors (Lipinski definition) is 3. The third-order valence-electron chi connectivity index (χ3n) is 5.26. The molecule has 0 radical (unpaired) electrons. The molecule has 3 N–H and O–H groups in total. The lowest BCUT2D eigenvalue weighted by atomic mass is 9.97. The van der Waals surface area contributed by atoms with Crippen molar-refractivity contribution in [2.24, 2.45) is 0 Å². The smallest absolute Gasteiger partial charge is 0.254 e. The molecule has 6 nitrogen and oxygen atoms in total. The van der Waals surface area contributed by atoms with Crippen LogP contribution in [0.15, 0.2) is 72.9 Å². The Bertz CT molecular complexity index is 1170. The number of phenolic OH excluding ortho intramolecular Hbond substituents is 1. The van der Waals surface area contributed by atoms with E-state index in [4.69, 9.17) is 0 Å². The number of rotatable bonds is 6. The fraction of sp³-hybridized carbons (Fsp3) is 0.167. The molecule has 0 aliphatic heterocycles. The van der Waals surface area contributed by atoms with Crippen molar-refractivity contribution in [2.45, 2.75) is 13.0 Å². The van der Waals surface area contributed by atoms with Crippen molar-refractivity contribution in [3.63, 3.8) is 0 Å². The molecular weight excluding hydrogens is 378 g/mol. The Morgan fingerprint density at radius 2 is 1.83 bits per heavy atom. The van der Waals surface area contributed by atoms with Crippen LogP contribution in [0.2, 0.25) is 0 Å². The lowest BCUT2D eigenvalue weighted by Gasteiger charge is -2.25. The normalized spacial score (nSPS) is 12.1. The molecule has 0 saturated carbocycles. The minimum absolute atomic E-state index is 0.0846. The summed E-state index contributed by atoms with van der Waals surface area (Å²) in [7, 11) is 0. The van der Waals surface area contributed by atoms with Gasteiger partial charge in [-0.1, -0.05) is 42.5 Å². The highest BCUT2D eigenvalue weighted by Gasteiger charge is 2.21. The molecule has 152 valence electrons. The number of aromatic nitrogens is 2. The highest BCUT2D eigenvalue weighted by Crippen LogP contribution is 2.30. The SMILES string of the molecule is CCN(CC(O)c1cccc(O)c1)C(=O)c1cccc2c(-c3ccn[nH]3)cccc12. The predicted molar refractivity (Wildman–Crippen MR) is 116 cm³/mol. The number of likely N-dealkylation sites (N-methyl/N-ethyl adjacent to an activating group) is 1. The fourth-order valence-corrected chi connectivity index (χ4v) is 3.71. The van der Waals surface area contributed by atoms with Gasteiger partial charge in [-0.25, -0.2) is 0 Å². The molecular formula is C24H23N3O3. The van der Waals surface area contributed by atoms with Crippen LogP contribution in [-0.4, -0.2) is 44.3 Å². The van der Waals surface area contributed by atoms with Crippen LogP contribution in [0.5, 0.6) is 5.75 Å². The lowest BCUT2D eigenvalue weighted by Crippen LogP contribution is -2.34. The van der Waals surface area contributed by atoms with Gasteiger partial charge in [-0.3, -0.25) is 9.89 Å². The number of carbonyl (C=O) groups excluding carboxylic acids is 1. The van der Waals surface area contributed by atoms with Gasteiger partial charge in [0.15, 0.2) is 0 Å². The van der Waals surface area contributed by atoms with Crippen LogP contribution in [0.1, 0.15) is 28.9 Å². The van der Waals surface area contributed by atoms with Gasteiger partial charge in [0.25, 0.3) is 5.91 Å². The second kappa shape index (κ2) is 8.39. The summed E-state index contributed by atoms with van der Waals surface area (Å²) in [6.45, 7) is 2.47. The molecule has 0 bridgehead atoms. The van der Waals surface area contributed by atoms with Crippen LogP contribution >= 0.6 is 0 Å². The van der Waals surface area contributed by atoms with Crippen molar-refractivity contribution < 1.29 is 15.0 Å². The van der Waals surface area contributed by atoms with Crippen molar-refractivity contribution in [1.82, 2.24) is 15.1 Å². The van der Waals surface area contributed by atoms with Crippen LogP contribution in [0.25, 0.3) is 22.0 Å². The van der Waals surface area contributed by atoms with Crippen molar-refractivity contribution in [3.05, 3.63) is 84.1 Å². The van der Waals surface area contributed by atoms with E-state index in [0.717, 1.165) is 22.0 Å². The second-order valence-corrected chi connectivity index (χ2v) is 7.13. The predicted octanol–water partition coefficient (Wildman–Crippen LogP) is 4.13. The molecule has 4 aromatic rings. The number of amides is 1. The zero-order valence-electron chi connectivity index (χ0n) is 16.6. The largest absolute Gasteiger partial charge is 0.508 e. The van der Waals surface area contributed by atoms with E-state index in [1.165, 1.54) is 6.07 Å². The van der Waals surface area contributed by atoms with Gasteiger partial charge in [-0.05, 0) is 47.5 Å². The minimum atomic E-state index is -0.892. The average Bonchev–Trinajstić information content (AvgIpc) is 3.30. The topological polar surface area (TPSA) is 89.4 Å². The fourth-order valence-electron chi connectivity index (χ4n) is 3.71. The monoisotopic (exact) mass is 401 g/mol. The summed E-state index contributed by atoms with van der Waals surface area (Å²) < 4.78 is 0. The molecule has 0 aliphatic carbocycles. The summed E-state index contributed by atoms with van der Waals surface area (Å²) in [5, 5.41) is 29.1. The van der Waals surface area contributed by atoms with Gasteiger partial charge < -0.3 is 15.1 Å². The van der Waals surface area contributed by atoms with E-state index in [0.29, 0.717) is 17.7 Å². The van der Waals surface area contributed by atoms with Crippen molar-refractivity contribution >= 4 is 16.7 Å². The van der Waals surface area contributed by atoms with Crippen LogP contribution in [-0.2, 0) is 0 Å². The van der Waals surface area contributed by atoms with E-state index >= 15 is 0 Å². The third kappa shape index (κ3) is 3.77. The first-order valence-electron chi connectivity index (χ1n) is 9.86. The molecule has 0 spiro atoms. The molecule has 0 saturated heterocycles. The van der Waals surface area contributed by atoms with E-state index in [1.54, 1.807) is 29.3 Å². The Kier molecular flexibility index (Phi) is 5.50. The Morgan fingerprint density at radius 3 is 2.57 bits per heavy atom. The van der Waals surface area contributed by atoms with E-state index in [-0.39, 0.29) is 18.2 Å². The van der Waals surface area contributed by atoms with Crippen molar-refractivity contribution in [2.75, 3.05) is 13.1 Å². The molecule has 0 fully saturated rings. The molecule has 0 aliphatic rings. The Morgan fingerprint density at radius 1 is 1.07 bits per heavy atom. The summed E-state index contributed by atoms with van der Waals surface area (Å²) in [5.41, 5.74) is 3.01. The number of aromatic amines is 1. The van der Waals surface area contributed by atoms with Crippen molar-refractivity contribution in [3.8, 4) is 17.0 Å². The highest BCUT2D eigenvalue weighted by atomic mass is 16.3. The molecule has 6 heteroatoms. The van der Waals surface area contributed by atoms with E-state index in [2.05, 4.69) is 10.2 Å². The summed E-state index contributed by atoms with van der Waals surface area (Å²) >= 11 is 0. The van der Waals surface area contributed by atoms with Crippen LogP contribution in [0.3, 0.4) is 0 Å². The highest BCUT2D eigenvalue weighted by molar-refractivity contribution is 6.10. The first-order chi connectivity index (χ1) is 14.6. The number of H-pyrrole nitrogens is 1. The summed E-state index contributed by atoms with van der Waals surface area (Å²) in [5.74, 6) is -0.0645. The number of aliphatic hydroxyl groups is 1. The quantitative estimate of drug-likeness (QED) is 0.453. The minimum Gasteiger partial charge on any atom is -0.508 e. The molecule has 1 heterocycles. The molecule has 1 atom stereocenters. The number of aromatic hydroxyl groups is 1. The van der Waals surface area contributed by atoms with Crippen molar-refractivity contribution in [1.29, 1.82) is 0 Å². The zero-order valence-corrected chi connectivity index (χ0v) is 16.6. The van der Waals surface area contributed by atoms with Gasteiger partial charge in [-0.2, -0.15) is 5.10 Å². The Balaban J connectivity index is 1.67. The standard InChI is InChI=1S/C24H23N3O3/c1-2-27(15-23(29)16-6-3-7-17(28)14-16)24(30)21-11-5-8-18-19(21)9-4-10-20(18)22-12-13-25-26-22/h3-14,23,28-29H,2,15H2,1H3,(H,25,26). The average molecular weight is 401 g/mol. The Hall–Kier alpha value is -3.64. The van der Waals surface area contributed by atoms with Gasteiger partial charge in [0.1, 0.15) is 5.75 Å². The number of aliphatic hydroxyl groups excluding tert-OH is 1.